The second kappa shape index (κ2) is 4.52. The molecule has 0 aromatic carbocycles. The summed E-state index contributed by atoms with van der Waals surface area (Å²) in [6.07, 6.45) is 5.00. The molecule has 70 valence electrons. The van der Waals surface area contributed by atoms with Crippen LogP contribution in [0.2, 0.25) is 0 Å². The quantitative estimate of drug-likeness (QED) is 0.785. The predicted octanol–water partition coefficient (Wildman–Crippen LogP) is 2.79. The highest BCUT2D eigenvalue weighted by Gasteiger charge is 2.02. The van der Waals surface area contributed by atoms with Gasteiger partial charge in [-0.25, -0.2) is 15.0 Å². The van der Waals surface area contributed by atoms with Crippen molar-refractivity contribution < 1.29 is 0 Å². The van der Waals surface area contributed by atoms with E-state index >= 15 is 0 Å². The highest BCUT2D eigenvalue weighted by molar-refractivity contribution is 9.10. The van der Waals surface area contributed by atoms with Crippen molar-refractivity contribution in [2.45, 2.75) is 10.1 Å². The van der Waals surface area contributed by atoms with Gasteiger partial charge in [0.15, 0.2) is 0 Å². The van der Waals surface area contributed by atoms with Gasteiger partial charge < -0.3 is 0 Å². The van der Waals surface area contributed by atoms with Crippen LogP contribution in [0.3, 0.4) is 0 Å². The largest absolute Gasteiger partial charge is 0.248 e. The van der Waals surface area contributed by atoms with Gasteiger partial charge in [0.25, 0.3) is 0 Å². The van der Waals surface area contributed by atoms with Crippen molar-refractivity contribution in [3.05, 3.63) is 41.4 Å². The molecule has 2 heterocycles. The van der Waals surface area contributed by atoms with Crippen molar-refractivity contribution in [3.63, 3.8) is 0 Å². The van der Waals surface area contributed by atoms with Gasteiger partial charge in [0.2, 0.25) is 0 Å². The third-order valence-corrected chi connectivity index (χ3v) is 3.35. The Morgan fingerprint density at radius 2 is 2.07 bits per heavy atom. The van der Waals surface area contributed by atoms with Crippen LogP contribution >= 0.6 is 27.7 Å². The lowest BCUT2D eigenvalue weighted by molar-refractivity contribution is 1.03. The molecule has 0 amide bonds. The lowest BCUT2D eigenvalue weighted by Gasteiger charge is -2.00. The summed E-state index contributed by atoms with van der Waals surface area (Å²) >= 11 is 4.93. The van der Waals surface area contributed by atoms with Crippen LogP contribution in [0.4, 0.5) is 0 Å². The van der Waals surface area contributed by atoms with Gasteiger partial charge in [0.1, 0.15) is 16.4 Å². The van der Waals surface area contributed by atoms with Crippen LogP contribution in [-0.2, 0) is 0 Å². The molecule has 0 bridgehead atoms. The minimum absolute atomic E-state index is 0.888. The summed E-state index contributed by atoms with van der Waals surface area (Å²) in [7, 11) is 0. The lowest BCUT2D eigenvalue weighted by atomic mass is 10.5. The molecule has 0 N–H and O–H groups in total. The number of nitrogens with zero attached hydrogens (tertiary/aromatic N) is 3. The minimum atomic E-state index is 0.888. The molecule has 0 aliphatic rings. The SMILES string of the molecule is Brc1cccnc1Sc1ccncn1. The summed E-state index contributed by atoms with van der Waals surface area (Å²) < 4.78 is 0.976. The number of halogens is 1. The van der Waals surface area contributed by atoms with Crippen molar-refractivity contribution in [1.82, 2.24) is 15.0 Å². The maximum atomic E-state index is 4.23. The van der Waals surface area contributed by atoms with Gasteiger partial charge in [-0.1, -0.05) is 0 Å². The molecule has 0 saturated heterocycles. The Balaban J connectivity index is 2.24. The van der Waals surface area contributed by atoms with Crippen LogP contribution in [0.5, 0.6) is 0 Å². The first kappa shape index (κ1) is 9.61. The Labute approximate surface area is 94.1 Å². The number of pyridine rings is 1. The van der Waals surface area contributed by atoms with E-state index in [1.54, 1.807) is 12.4 Å². The van der Waals surface area contributed by atoms with Gasteiger partial charge in [-0.2, -0.15) is 0 Å². The summed E-state index contributed by atoms with van der Waals surface area (Å²) in [6.45, 7) is 0. The van der Waals surface area contributed by atoms with E-state index in [1.165, 1.54) is 18.1 Å². The molecule has 2 rings (SSSR count). The second-order valence-electron chi connectivity index (χ2n) is 2.44. The molecule has 2 aromatic heterocycles. The fraction of sp³-hybridized carbons (Fsp3) is 0. The molecule has 0 spiro atoms. The van der Waals surface area contributed by atoms with Crippen LogP contribution in [0.1, 0.15) is 0 Å². The summed E-state index contributed by atoms with van der Waals surface area (Å²) in [6, 6.07) is 5.69. The zero-order valence-electron chi connectivity index (χ0n) is 7.09. The first-order valence-electron chi connectivity index (χ1n) is 3.90. The zero-order valence-corrected chi connectivity index (χ0v) is 9.49. The predicted molar refractivity (Wildman–Crippen MR) is 58.1 cm³/mol. The minimum Gasteiger partial charge on any atom is -0.248 e. The molecule has 0 unspecified atom stereocenters. The smallest absolute Gasteiger partial charge is 0.116 e. The molecule has 0 atom stereocenters. The van der Waals surface area contributed by atoms with Gasteiger partial charge in [0.05, 0.1) is 4.47 Å². The van der Waals surface area contributed by atoms with E-state index in [0.717, 1.165) is 14.5 Å². The van der Waals surface area contributed by atoms with Crippen molar-refractivity contribution >= 4 is 27.7 Å². The van der Waals surface area contributed by atoms with E-state index in [9.17, 15) is 0 Å². The summed E-state index contributed by atoms with van der Waals surface area (Å²) in [5.41, 5.74) is 0. The summed E-state index contributed by atoms with van der Waals surface area (Å²) in [5, 5.41) is 1.80. The van der Waals surface area contributed by atoms with Crippen LogP contribution < -0.4 is 0 Å². The maximum Gasteiger partial charge on any atom is 0.116 e. The van der Waals surface area contributed by atoms with E-state index in [0.29, 0.717) is 0 Å². The van der Waals surface area contributed by atoms with E-state index in [2.05, 4.69) is 30.9 Å². The van der Waals surface area contributed by atoms with Gasteiger partial charge in [-0.3, -0.25) is 0 Å². The average molecular weight is 268 g/mol. The van der Waals surface area contributed by atoms with Crippen LogP contribution in [0.15, 0.2) is 51.4 Å². The topological polar surface area (TPSA) is 38.7 Å². The molecule has 0 saturated carbocycles. The summed E-state index contributed by atoms with van der Waals surface area (Å²) in [5.74, 6) is 0. The normalized spacial score (nSPS) is 10.1. The second-order valence-corrected chi connectivity index (χ2v) is 4.30. The molecular weight excluding hydrogens is 262 g/mol. The third-order valence-electron chi connectivity index (χ3n) is 1.48. The molecule has 0 aliphatic carbocycles. The highest BCUT2D eigenvalue weighted by atomic mass is 79.9. The van der Waals surface area contributed by atoms with Crippen LogP contribution in [-0.4, -0.2) is 15.0 Å². The Bertz CT molecular complexity index is 421. The fourth-order valence-corrected chi connectivity index (χ4v) is 2.09. The summed E-state index contributed by atoms with van der Waals surface area (Å²) in [4.78, 5) is 12.2. The molecule has 0 fully saturated rings. The van der Waals surface area contributed by atoms with Crippen LogP contribution in [0.25, 0.3) is 0 Å². The van der Waals surface area contributed by atoms with Crippen LogP contribution in [0, 0.1) is 0 Å². The Morgan fingerprint density at radius 3 is 2.79 bits per heavy atom. The zero-order chi connectivity index (χ0) is 9.80. The Kier molecular flexibility index (Phi) is 3.10. The molecule has 5 heteroatoms. The molecular formula is C9H6BrN3S. The van der Waals surface area contributed by atoms with Crippen molar-refractivity contribution in [3.8, 4) is 0 Å². The molecule has 0 aliphatic heterocycles. The van der Waals surface area contributed by atoms with Crippen molar-refractivity contribution in [2.75, 3.05) is 0 Å². The van der Waals surface area contributed by atoms with E-state index in [-0.39, 0.29) is 0 Å². The van der Waals surface area contributed by atoms with Gasteiger partial charge >= 0.3 is 0 Å². The number of hydrogen-bond donors (Lipinski definition) is 0. The van der Waals surface area contributed by atoms with E-state index in [1.807, 2.05) is 18.2 Å². The number of rotatable bonds is 2. The average Bonchev–Trinajstić information content (AvgIpc) is 2.23. The van der Waals surface area contributed by atoms with Crippen molar-refractivity contribution in [2.24, 2.45) is 0 Å². The van der Waals surface area contributed by atoms with Gasteiger partial charge in [0, 0.05) is 12.4 Å². The monoisotopic (exact) mass is 267 g/mol. The van der Waals surface area contributed by atoms with Gasteiger partial charge in [-0.15, -0.1) is 0 Å². The Hall–Kier alpha value is -0.940. The Morgan fingerprint density at radius 1 is 1.14 bits per heavy atom. The van der Waals surface area contributed by atoms with Crippen molar-refractivity contribution in [1.29, 1.82) is 0 Å². The lowest BCUT2D eigenvalue weighted by Crippen LogP contribution is -1.83. The first-order valence-corrected chi connectivity index (χ1v) is 5.51. The molecule has 14 heavy (non-hydrogen) atoms. The van der Waals surface area contributed by atoms with Gasteiger partial charge in [-0.05, 0) is 45.9 Å². The first-order chi connectivity index (χ1) is 6.86. The van der Waals surface area contributed by atoms with E-state index in [4.69, 9.17) is 0 Å². The number of hydrogen-bond acceptors (Lipinski definition) is 4. The fourth-order valence-electron chi connectivity index (χ4n) is 0.884. The number of aromatic nitrogens is 3. The van der Waals surface area contributed by atoms with E-state index < -0.39 is 0 Å². The molecule has 0 radical (unpaired) electrons. The third kappa shape index (κ3) is 2.30. The molecule has 2 aromatic rings. The molecule has 3 nitrogen and oxygen atoms in total. The highest BCUT2D eigenvalue weighted by Crippen LogP contribution is 2.29. The standard InChI is InChI=1S/C9H6BrN3S/c10-7-2-1-4-12-9(7)14-8-3-5-11-6-13-8/h1-6H. The maximum absolute atomic E-state index is 4.23.